The van der Waals surface area contributed by atoms with Gasteiger partial charge < -0.3 is 10.2 Å². The molecule has 0 rings (SSSR count). The summed E-state index contributed by atoms with van der Waals surface area (Å²) in [7, 11) is 0. The molecule has 0 unspecified atom stereocenters. The van der Waals surface area contributed by atoms with Crippen LogP contribution in [0.2, 0.25) is 0 Å². The van der Waals surface area contributed by atoms with Crippen LogP contribution in [0.5, 0.6) is 0 Å². The van der Waals surface area contributed by atoms with E-state index < -0.39 is 11.9 Å². The fraction of sp³-hybridized carbons (Fsp3) is 0.667. The number of carboxylic acids is 2. The zero-order valence-corrected chi connectivity index (χ0v) is 9.52. The van der Waals surface area contributed by atoms with Crippen molar-refractivity contribution in [1.29, 1.82) is 0 Å². The normalized spacial score (nSPS) is 10.8. The van der Waals surface area contributed by atoms with Crippen molar-refractivity contribution in [2.75, 3.05) is 0 Å². The molecule has 0 amide bonds. The molecule has 0 bridgehead atoms. The Labute approximate surface area is 96.0 Å². The van der Waals surface area contributed by atoms with Crippen LogP contribution in [0.4, 0.5) is 0 Å². The van der Waals surface area contributed by atoms with Gasteiger partial charge in [-0.1, -0.05) is 31.4 Å². The van der Waals surface area contributed by atoms with Crippen molar-refractivity contribution in [2.45, 2.75) is 51.4 Å². The van der Waals surface area contributed by atoms with Gasteiger partial charge in [0.1, 0.15) is 0 Å². The van der Waals surface area contributed by atoms with Crippen LogP contribution >= 0.6 is 0 Å². The standard InChI is InChI=1S/C12H20O4/c13-11(14)9-7-5-3-1-2-4-6-8-10-12(15)16/h5,7H,1-4,6,8-10H2,(H,13,14)(H,15,16)/b7-5+. The van der Waals surface area contributed by atoms with Gasteiger partial charge in [0.25, 0.3) is 0 Å². The van der Waals surface area contributed by atoms with Crippen molar-refractivity contribution < 1.29 is 19.8 Å². The molecule has 0 aliphatic carbocycles. The van der Waals surface area contributed by atoms with Gasteiger partial charge in [-0.2, -0.15) is 0 Å². The summed E-state index contributed by atoms with van der Waals surface area (Å²) in [6.45, 7) is 0. The third-order valence-electron chi connectivity index (χ3n) is 2.22. The lowest BCUT2D eigenvalue weighted by atomic mass is 10.1. The van der Waals surface area contributed by atoms with E-state index in [-0.39, 0.29) is 12.8 Å². The van der Waals surface area contributed by atoms with E-state index in [9.17, 15) is 9.59 Å². The molecule has 16 heavy (non-hydrogen) atoms. The molecule has 0 fully saturated rings. The number of aliphatic carboxylic acids is 2. The fourth-order valence-corrected chi connectivity index (χ4v) is 1.37. The first kappa shape index (κ1) is 14.7. The summed E-state index contributed by atoms with van der Waals surface area (Å²) in [4.78, 5) is 20.4. The minimum Gasteiger partial charge on any atom is -0.481 e. The van der Waals surface area contributed by atoms with Crippen LogP contribution in [-0.2, 0) is 9.59 Å². The van der Waals surface area contributed by atoms with Crippen molar-refractivity contribution in [2.24, 2.45) is 0 Å². The van der Waals surface area contributed by atoms with Crippen LogP contribution in [0.15, 0.2) is 12.2 Å². The molecule has 0 aromatic heterocycles. The fourth-order valence-electron chi connectivity index (χ4n) is 1.37. The summed E-state index contributed by atoms with van der Waals surface area (Å²) in [5.74, 6) is -1.53. The molecule has 0 atom stereocenters. The van der Waals surface area contributed by atoms with E-state index in [1.807, 2.05) is 6.08 Å². The molecular weight excluding hydrogens is 208 g/mol. The van der Waals surface area contributed by atoms with Crippen LogP contribution in [0.3, 0.4) is 0 Å². The molecule has 0 saturated carbocycles. The van der Waals surface area contributed by atoms with Gasteiger partial charge in [0.2, 0.25) is 0 Å². The average molecular weight is 228 g/mol. The summed E-state index contributed by atoms with van der Waals surface area (Å²) in [5, 5.41) is 16.8. The Morgan fingerprint density at radius 2 is 1.44 bits per heavy atom. The quantitative estimate of drug-likeness (QED) is 0.445. The first-order valence-corrected chi connectivity index (χ1v) is 5.71. The summed E-state index contributed by atoms with van der Waals surface area (Å²) in [5.41, 5.74) is 0. The molecule has 0 aliphatic rings. The predicted octanol–water partition coefficient (Wildman–Crippen LogP) is 2.83. The van der Waals surface area contributed by atoms with Crippen molar-refractivity contribution in [3.05, 3.63) is 12.2 Å². The third-order valence-corrected chi connectivity index (χ3v) is 2.22. The van der Waals surface area contributed by atoms with Crippen molar-refractivity contribution in [3.63, 3.8) is 0 Å². The van der Waals surface area contributed by atoms with Crippen LogP contribution in [-0.4, -0.2) is 22.2 Å². The molecule has 0 heterocycles. The Hall–Kier alpha value is -1.32. The highest BCUT2D eigenvalue weighted by molar-refractivity contribution is 5.68. The van der Waals surface area contributed by atoms with Gasteiger partial charge in [-0.3, -0.25) is 9.59 Å². The number of allylic oxidation sites excluding steroid dienone is 1. The zero-order chi connectivity index (χ0) is 12.2. The highest BCUT2D eigenvalue weighted by Gasteiger charge is 1.95. The average Bonchev–Trinajstić information content (AvgIpc) is 2.20. The largest absolute Gasteiger partial charge is 0.481 e. The van der Waals surface area contributed by atoms with Gasteiger partial charge in [0.05, 0.1) is 6.42 Å². The summed E-state index contributed by atoms with van der Waals surface area (Å²) in [6, 6.07) is 0. The van der Waals surface area contributed by atoms with Crippen LogP contribution in [0, 0.1) is 0 Å². The van der Waals surface area contributed by atoms with E-state index in [1.165, 1.54) is 0 Å². The molecule has 4 heteroatoms. The predicted molar refractivity (Wildman–Crippen MR) is 61.3 cm³/mol. The van der Waals surface area contributed by atoms with E-state index in [1.54, 1.807) is 6.08 Å². The zero-order valence-electron chi connectivity index (χ0n) is 9.52. The van der Waals surface area contributed by atoms with Gasteiger partial charge in [-0.25, -0.2) is 0 Å². The Bertz CT molecular complexity index is 233. The first-order valence-electron chi connectivity index (χ1n) is 5.71. The van der Waals surface area contributed by atoms with Crippen molar-refractivity contribution >= 4 is 11.9 Å². The molecule has 0 radical (unpaired) electrons. The van der Waals surface area contributed by atoms with Crippen LogP contribution in [0.1, 0.15) is 51.4 Å². The molecule has 0 aromatic carbocycles. The third kappa shape index (κ3) is 12.7. The number of carboxylic acid groups (broad SMARTS) is 2. The maximum Gasteiger partial charge on any atom is 0.307 e. The molecule has 4 nitrogen and oxygen atoms in total. The Balaban J connectivity index is 3.12. The first-order chi connectivity index (χ1) is 7.63. The van der Waals surface area contributed by atoms with E-state index >= 15 is 0 Å². The number of unbranched alkanes of at least 4 members (excludes halogenated alkanes) is 5. The Morgan fingerprint density at radius 3 is 2.06 bits per heavy atom. The summed E-state index contributed by atoms with van der Waals surface area (Å²) < 4.78 is 0. The minimum absolute atomic E-state index is 0.0958. The molecule has 92 valence electrons. The van der Waals surface area contributed by atoms with Crippen LogP contribution < -0.4 is 0 Å². The monoisotopic (exact) mass is 228 g/mol. The molecule has 2 N–H and O–H groups in total. The van der Waals surface area contributed by atoms with Gasteiger partial charge in [-0.05, 0) is 19.3 Å². The second kappa shape index (κ2) is 10.2. The highest BCUT2D eigenvalue weighted by atomic mass is 16.4. The van der Waals surface area contributed by atoms with Crippen LogP contribution in [0.25, 0.3) is 0 Å². The number of rotatable bonds is 10. The minimum atomic E-state index is -0.801. The van der Waals surface area contributed by atoms with Gasteiger partial charge in [0, 0.05) is 6.42 Å². The lowest BCUT2D eigenvalue weighted by Gasteiger charge is -1.97. The maximum absolute atomic E-state index is 10.2. The molecular formula is C12H20O4. The smallest absolute Gasteiger partial charge is 0.307 e. The van der Waals surface area contributed by atoms with E-state index in [2.05, 4.69) is 0 Å². The van der Waals surface area contributed by atoms with E-state index in [0.29, 0.717) is 0 Å². The summed E-state index contributed by atoms with van der Waals surface area (Å²) >= 11 is 0. The maximum atomic E-state index is 10.2. The lowest BCUT2D eigenvalue weighted by molar-refractivity contribution is -0.137. The SMILES string of the molecule is O=C(O)C/C=C/CCCCCCCC(=O)O. The highest BCUT2D eigenvalue weighted by Crippen LogP contribution is 2.07. The Morgan fingerprint density at radius 1 is 0.812 bits per heavy atom. The molecule has 0 aromatic rings. The van der Waals surface area contributed by atoms with Gasteiger partial charge >= 0.3 is 11.9 Å². The second-order valence-electron chi connectivity index (χ2n) is 3.77. The number of hydrogen-bond donors (Lipinski definition) is 2. The molecule has 0 spiro atoms. The van der Waals surface area contributed by atoms with Gasteiger partial charge in [-0.15, -0.1) is 0 Å². The van der Waals surface area contributed by atoms with Crippen molar-refractivity contribution in [3.8, 4) is 0 Å². The lowest BCUT2D eigenvalue weighted by Crippen LogP contribution is -1.93. The number of carbonyl (C=O) groups is 2. The van der Waals surface area contributed by atoms with Crippen molar-refractivity contribution in [1.82, 2.24) is 0 Å². The molecule has 0 saturated heterocycles. The summed E-state index contributed by atoms with van der Waals surface area (Å²) in [6.07, 6.45) is 9.73. The van der Waals surface area contributed by atoms with E-state index in [0.717, 1.165) is 38.5 Å². The van der Waals surface area contributed by atoms with E-state index in [4.69, 9.17) is 10.2 Å². The Kier molecular flexibility index (Phi) is 9.36. The topological polar surface area (TPSA) is 74.6 Å². The van der Waals surface area contributed by atoms with Gasteiger partial charge in [0.15, 0.2) is 0 Å². The number of hydrogen-bond acceptors (Lipinski definition) is 2. The molecule has 0 aliphatic heterocycles. The second-order valence-corrected chi connectivity index (χ2v) is 3.77.